The van der Waals surface area contributed by atoms with Gasteiger partial charge in [0.2, 0.25) is 0 Å². The number of carbonyl (C=O) groups is 2. The standard InChI is InChI=1S/C29H38O8/c1-18-9-11-28-16-34-26(32)14-19(2)10-12-33-21(20(3)30)7-5-6-8-25(31)37-22-15-24(36-23(28)13-18)29(17-35-29)27(22,28)4/h5-8,13-14,20-24,30H,9-12,15-17H2,1-4H3/b7-5-,8-6-,19-14-/t20?,21-,22-,23?,24+,27+,28?,29+/m1/s1. The fourth-order valence-electron chi connectivity index (χ4n) is 6.85. The number of hydrogen-bond acceptors (Lipinski definition) is 8. The van der Waals surface area contributed by atoms with Crippen LogP contribution in [0.3, 0.4) is 0 Å². The van der Waals surface area contributed by atoms with Crippen LogP contribution < -0.4 is 0 Å². The van der Waals surface area contributed by atoms with E-state index in [1.807, 2.05) is 6.92 Å². The van der Waals surface area contributed by atoms with Crippen molar-refractivity contribution in [2.75, 3.05) is 19.8 Å². The van der Waals surface area contributed by atoms with Gasteiger partial charge in [0, 0.05) is 24.0 Å². The highest BCUT2D eigenvalue weighted by Crippen LogP contribution is 2.72. The van der Waals surface area contributed by atoms with Crippen molar-refractivity contribution in [2.24, 2.45) is 10.8 Å². The van der Waals surface area contributed by atoms with E-state index in [9.17, 15) is 14.7 Å². The number of rotatable bonds is 1. The van der Waals surface area contributed by atoms with E-state index >= 15 is 0 Å². The molecule has 2 saturated heterocycles. The van der Waals surface area contributed by atoms with Crippen LogP contribution in [0.5, 0.6) is 0 Å². The molecule has 0 aromatic heterocycles. The molecule has 3 heterocycles. The summed E-state index contributed by atoms with van der Waals surface area (Å²) in [5.74, 6) is -0.879. The van der Waals surface area contributed by atoms with Crippen molar-refractivity contribution in [3.05, 3.63) is 47.6 Å². The number of carbonyl (C=O) groups excluding carboxylic acids is 2. The third kappa shape index (κ3) is 4.42. The smallest absolute Gasteiger partial charge is 0.331 e. The van der Waals surface area contributed by atoms with Gasteiger partial charge in [-0.05, 0) is 40.0 Å². The van der Waals surface area contributed by atoms with Crippen molar-refractivity contribution in [2.45, 2.75) is 89.5 Å². The van der Waals surface area contributed by atoms with Gasteiger partial charge in [0.25, 0.3) is 0 Å². The molecule has 0 aromatic rings. The normalized spacial score (nSPS) is 46.2. The summed E-state index contributed by atoms with van der Waals surface area (Å²) < 4.78 is 30.6. The van der Waals surface area contributed by atoms with Gasteiger partial charge in [-0.3, -0.25) is 0 Å². The van der Waals surface area contributed by atoms with Crippen molar-refractivity contribution in [3.63, 3.8) is 0 Å². The maximum absolute atomic E-state index is 12.9. The van der Waals surface area contributed by atoms with Gasteiger partial charge < -0.3 is 28.8 Å². The zero-order valence-corrected chi connectivity index (χ0v) is 22.1. The number of allylic oxidation sites excluding steroid dienone is 3. The van der Waals surface area contributed by atoms with Crippen LogP contribution in [0.25, 0.3) is 0 Å². The van der Waals surface area contributed by atoms with Gasteiger partial charge in [-0.2, -0.15) is 0 Å². The Bertz CT molecular complexity index is 1050. The second-order valence-corrected chi connectivity index (χ2v) is 11.4. The number of ether oxygens (including phenoxy) is 5. The van der Waals surface area contributed by atoms with Crippen LogP contribution in [-0.2, 0) is 33.3 Å². The van der Waals surface area contributed by atoms with Crippen LogP contribution in [-0.4, -0.2) is 73.0 Å². The van der Waals surface area contributed by atoms with Gasteiger partial charge in [0.05, 0.1) is 36.9 Å². The monoisotopic (exact) mass is 514 g/mol. The molecule has 2 aliphatic carbocycles. The summed E-state index contributed by atoms with van der Waals surface area (Å²) in [5, 5.41) is 10.0. The maximum atomic E-state index is 12.9. The van der Waals surface area contributed by atoms with Crippen molar-refractivity contribution in [3.8, 4) is 0 Å². The molecule has 8 nitrogen and oxygen atoms in total. The van der Waals surface area contributed by atoms with Gasteiger partial charge in [0.1, 0.15) is 24.4 Å². The van der Waals surface area contributed by atoms with E-state index in [0.29, 0.717) is 26.1 Å². The van der Waals surface area contributed by atoms with Crippen LogP contribution in [0.1, 0.15) is 53.4 Å². The molecule has 5 aliphatic rings. The van der Waals surface area contributed by atoms with Gasteiger partial charge in [-0.25, -0.2) is 9.59 Å². The fraction of sp³-hybridized carbons (Fsp3) is 0.655. The summed E-state index contributed by atoms with van der Waals surface area (Å²) in [7, 11) is 0. The highest BCUT2D eigenvalue weighted by Gasteiger charge is 2.83. The maximum Gasteiger partial charge on any atom is 0.331 e. The Morgan fingerprint density at radius 1 is 1.05 bits per heavy atom. The first-order valence-electron chi connectivity index (χ1n) is 13.3. The molecule has 3 fully saturated rings. The summed E-state index contributed by atoms with van der Waals surface area (Å²) in [4.78, 5) is 25.9. The van der Waals surface area contributed by atoms with Crippen molar-refractivity contribution in [1.82, 2.24) is 0 Å². The lowest BCUT2D eigenvalue weighted by atomic mass is 9.51. The van der Waals surface area contributed by atoms with Gasteiger partial charge in [0.15, 0.2) is 0 Å². The van der Waals surface area contributed by atoms with Crippen LogP contribution >= 0.6 is 0 Å². The first-order chi connectivity index (χ1) is 17.6. The molecule has 1 N–H and O–H groups in total. The average molecular weight is 515 g/mol. The highest BCUT2D eigenvalue weighted by molar-refractivity contribution is 5.83. The highest BCUT2D eigenvalue weighted by atomic mass is 16.6. The number of esters is 2. The van der Waals surface area contributed by atoms with Crippen molar-refractivity contribution in [1.29, 1.82) is 0 Å². The average Bonchev–Trinajstić information content (AvgIpc) is 3.61. The molecule has 0 radical (unpaired) electrons. The fourth-order valence-corrected chi connectivity index (χ4v) is 6.85. The lowest BCUT2D eigenvalue weighted by molar-refractivity contribution is -0.232. The quantitative estimate of drug-likeness (QED) is 0.323. The van der Waals surface area contributed by atoms with E-state index < -0.39 is 46.7 Å². The van der Waals surface area contributed by atoms with Crippen LogP contribution in [0.2, 0.25) is 0 Å². The molecule has 2 spiro atoms. The Hall–Kier alpha value is -2.26. The molecule has 2 bridgehead atoms. The molecular weight excluding hydrogens is 476 g/mol. The Balaban J connectivity index is 1.51. The molecule has 0 aromatic carbocycles. The van der Waals surface area contributed by atoms with Crippen LogP contribution in [0, 0.1) is 10.8 Å². The number of aliphatic hydroxyl groups is 1. The van der Waals surface area contributed by atoms with Crippen LogP contribution in [0.4, 0.5) is 0 Å². The first-order valence-corrected chi connectivity index (χ1v) is 13.3. The van der Waals surface area contributed by atoms with E-state index in [2.05, 4.69) is 19.9 Å². The molecular formula is C29H38O8. The Morgan fingerprint density at radius 3 is 2.57 bits per heavy atom. The van der Waals surface area contributed by atoms with Crippen molar-refractivity contribution >= 4 is 11.9 Å². The van der Waals surface area contributed by atoms with Gasteiger partial charge in [-0.15, -0.1) is 0 Å². The topological polar surface area (TPSA) is 104 Å². The molecule has 202 valence electrons. The molecule has 1 saturated carbocycles. The molecule has 37 heavy (non-hydrogen) atoms. The van der Waals surface area contributed by atoms with E-state index in [1.54, 1.807) is 25.2 Å². The van der Waals surface area contributed by atoms with E-state index in [-0.39, 0.29) is 18.8 Å². The summed E-state index contributed by atoms with van der Waals surface area (Å²) in [6, 6.07) is 0. The van der Waals surface area contributed by atoms with E-state index in [0.717, 1.165) is 18.4 Å². The van der Waals surface area contributed by atoms with Gasteiger partial charge >= 0.3 is 11.9 Å². The number of epoxide rings is 1. The third-order valence-electron chi connectivity index (χ3n) is 9.24. The number of hydrogen-bond donors (Lipinski definition) is 1. The largest absolute Gasteiger partial charge is 0.462 e. The lowest BCUT2D eigenvalue weighted by Crippen LogP contribution is -2.66. The minimum atomic E-state index is -0.735. The molecule has 5 rings (SSSR count). The minimum absolute atomic E-state index is 0.144. The third-order valence-corrected chi connectivity index (χ3v) is 9.24. The summed E-state index contributed by atoms with van der Waals surface area (Å²) >= 11 is 0. The van der Waals surface area contributed by atoms with Crippen molar-refractivity contribution < 1.29 is 38.4 Å². The minimum Gasteiger partial charge on any atom is -0.462 e. The Labute approximate surface area is 218 Å². The first kappa shape index (κ1) is 26.4. The zero-order valence-electron chi connectivity index (χ0n) is 22.1. The predicted molar refractivity (Wildman–Crippen MR) is 134 cm³/mol. The lowest BCUT2D eigenvalue weighted by Gasteiger charge is -2.58. The zero-order chi connectivity index (χ0) is 26.4. The summed E-state index contributed by atoms with van der Waals surface area (Å²) in [6.07, 6.45) is 10.5. The molecule has 8 heteroatoms. The second kappa shape index (κ2) is 9.80. The second-order valence-electron chi connectivity index (χ2n) is 11.4. The number of aliphatic hydroxyl groups excluding tert-OH is 1. The Morgan fingerprint density at radius 2 is 1.84 bits per heavy atom. The predicted octanol–water partition coefficient (Wildman–Crippen LogP) is 3.34. The molecule has 8 atom stereocenters. The SMILES string of the molecule is CC1=CC2O[C@H]3C[C@H]4OC(=O)/C=C\C=C/[C@H](C(C)O)OCC/C(C)=C\C(=O)OCC2(CC1)[C@@]4(C)[C@]31CO1. The molecule has 3 unspecified atom stereocenters. The molecule has 3 aliphatic heterocycles. The number of cyclic esters (lactones) is 1. The summed E-state index contributed by atoms with van der Waals surface area (Å²) in [5.41, 5.74) is 0.318. The van der Waals surface area contributed by atoms with E-state index in [4.69, 9.17) is 23.7 Å². The Kier molecular flexibility index (Phi) is 6.98. The van der Waals surface area contributed by atoms with Gasteiger partial charge in [-0.1, -0.05) is 42.4 Å². The summed E-state index contributed by atoms with van der Waals surface area (Å²) in [6.45, 7) is 8.73. The molecule has 0 amide bonds. The van der Waals surface area contributed by atoms with E-state index in [1.165, 1.54) is 17.7 Å². The van der Waals surface area contributed by atoms with Crippen LogP contribution in [0.15, 0.2) is 47.6 Å².